The summed E-state index contributed by atoms with van der Waals surface area (Å²) < 4.78 is 5.95. The molecule has 0 saturated carbocycles. The van der Waals surface area contributed by atoms with Crippen LogP contribution in [0.15, 0.2) is 0 Å². The first-order valence-corrected chi connectivity index (χ1v) is 27.3. The van der Waals surface area contributed by atoms with E-state index in [0.29, 0.717) is 19.3 Å². The van der Waals surface area contributed by atoms with Crippen molar-refractivity contribution < 1.29 is 24.5 Å². The highest BCUT2D eigenvalue weighted by Crippen LogP contribution is 2.19. The highest BCUT2D eigenvalue weighted by molar-refractivity contribution is 5.77. The first-order chi connectivity index (χ1) is 29.5. The highest BCUT2D eigenvalue weighted by Gasteiger charge is 2.24. The lowest BCUT2D eigenvalue weighted by Crippen LogP contribution is -2.46. The summed E-state index contributed by atoms with van der Waals surface area (Å²) in [4.78, 5) is 26.2. The van der Waals surface area contributed by atoms with E-state index in [1.54, 1.807) is 0 Å². The molecule has 0 fully saturated rings. The molecule has 0 saturated heterocycles. The lowest BCUT2D eigenvalue weighted by atomic mass is 10.0. The molecule has 0 radical (unpaired) electrons. The van der Waals surface area contributed by atoms with Crippen molar-refractivity contribution in [2.45, 2.75) is 328 Å². The van der Waals surface area contributed by atoms with Gasteiger partial charge in [0.05, 0.1) is 25.2 Å². The van der Waals surface area contributed by atoms with Crippen LogP contribution in [0.5, 0.6) is 0 Å². The molecular formula is C54H107NO5. The van der Waals surface area contributed by atoms with Gasteiger partial charge < -0.3 is 20.3 Å². The molecule has 0 aromatic heterocycles. The highest BCUT2D eigenvalue weighted by atomic mass is 16.5. The fourth-order valence-electron chi connectivity index (χ4n) is 8.79. The molecule has 0 aliphatic carbocycles. The molecule has 3 atom stereocenters. The van der Waals surface area contributed by atoms with Crippen LogP contribution in [-0.4, -0.2) is 46.9 Å². The quantitative estimate of drug-likeness (QED) is 0.0419. The van der Waals surface area contributed by atoms with Gasteiger partial charge in [-0.05, 0) is 25.7 Å². The smallest absolute Gasteiger partial charge is 0.306 e. The molecule has 1 amide bonds. The number of hydrogen-bond donors (Lipinski definition) is 3. The zero-order valence-electron chi connectivity index (χ0n) is 40.9. The van der Waals surface area contributed by atoms with E-state index in [-0.39, 0.29) is 24.9 Å². The van der Waals surface area contributed by atoms with Gasteiger partial charge in [-0.15, -0.1) is 0 Å². The Hall–Kier alpha value is -1.14. The van der Waals surface area contributed by atoms with E-state index in [9.17, 15) is 19.8 Å². The monoisotopic (exact) mass is 850 g/mol. The maximum Gasteiger partial charge on any atom is 0.306 e. The number of aliphatic hydroxyl groups excluding tert-OH is 2. The Kier molecular flexibility index (Phi) is 48.0. The summed E-state index contributed by atoms with van der Waals surface area (Å²) in [5.41, 5.74) is 0. The molecule has 3 N–H and O–H groups in total. The van der Waals surface area contributed by atoms with Crippen LogP contribution in [0, 0.1) is 0 Å². The molecular weight excluding hydrogens is 743 g/mol. The third kappa shape index (κ3) is 43.5. The first-order valence-electron chi connectivity index (χ1n) is 27.3. The summed E-state index contributed by atoms with van der Waals surface area (Å²) in [7, 11) is 0. The van der Waals surface area contributed by atoms with E-state index >= 15 is 0 Å². The van der Waals surface area contributed by atoms with Crippen molar-refractivity contribution in [1.82, 2.24) is 5.32 Å². The third-order valence-corrected chi connectivity index (χ3v) is 12.9. The van der Waals surface area contributed by atoms with E-state index in [1.165, 1.54) is 225 Å². The van der Waals surface area contributed by atoms with Crippen LogP contribution < -0.4 is 5.32 Å². The van der Waals surface area contributed by atoms with Crippen LogP contribution in [0.1, 0.15) is 310 Å². The Morgan fingerprint density at radius 2 is 0.700 bits per heavy atom. The number of carbonyl (C=O) groups is 2. The van der Waals surface area contributed by atoms with Gasteiger partial charge in [0, 0.05) is 6.42 Å². The molecule has 0 aliphatic rings. The van der Waals surface area contributed by atoms with Gasteiger partial charge in [-0.25, -0.2) is 0 Å². The Bertz CT molecular complexity index is 867. The molecule has 0 aromatic carbocycles. The zero-order chi connectivity index (χ0) is 43.8. The average Bonchev–Trinajstić information content (AvgIpc) is 3.24. The fraction of sp³-hybridized carbons (Fsp3) is 0.963. The first kappa shape index (κ1) is 58.9. The van der Waals surface area contributed by atoms with Crippen molar-refractivity contribution in [2.75, 3.05) is 6.61 Å². The SMILES string of the molecule is CCCCCCCCCCCCCCCCCCCCC(=O)OC(CCCCCCCCCCCCCCCC)CC(=O)NC(CO)C(O)CCCCCCCCCCC. The molecule has 0 aromatic rings. The number of ether oxygens (including phenoxy) is 1. The van der Waals surface area contributed by atoms with E-state index in [0.717, 1.165) is 38.5 Å². The number of esters is 1. The van der Waals surface area contributed by atoms with Crippen LogP contribution in [0.25, 0.3) is 0 Å². The second-order valence-electron chi connectivity index (χ2n) is 19.0. The second-order valence-corrected chi connectivity index (χ2v) is 19.0. The number of aliphatic hydroxyl groups is 2. The summed E-state index contributed by atoms with van der Waals surface area (Å²) in [6.07, 6.45) is 53.2. The molecule has 6 nitrogen and oxygen atoms in total. The van der Waals surface area contributed by atoms with Gasteiger partial charge in [0.2, 0.25) is 5.91 Å². The van der Waals surface area contributed by atoms with Crippen molar-refractivity contribution >= 4 is 11.9 Å². The Balaban J connectivity index is 4.45. The van der Waals surface area contributed by atoms with Crippen molar-refractivity contribution in [1.29, 1.82) is 0 Å². The predicted molar refractivity (Wildman–Crippen MR) is 260 cm³/mol. The maximum absolute atomic E-state index is 13.2. The lowest BCUT2D eigenvalue weighted by molar-refractivity contribution is -0.151. The van der Waals surface area contributed by atoms with Crippen molar-refractivity contribution in [3.05, 3.63) is 0 Å². The molecule has 0 aliphatic heterocycles. The molecule has 0 heterocycles. The number of nitrogens with one attached hydrogen (secondary N) is 1. The minimum atomic E-state index is -0.778. The van der Waals surface area contributed by atoms with Gasteiger partial charge in [0.1, 0.15) is 6.10 Å². The minimum absolute atomic E-state index is 0.0879. The zero-order valence-corrected chi connectivity index (χ0v) is 40.9. The molecule has 60 heavy (non-hydrogen) atoms. The van der Waals surface area contributed by atoms with Crippen LogP contribution in [0.4, 0.5) is 0 Å². The summed E-state index contributed by atoms with van der Waals surface area (Å²) in [5.74, 6) is -0.449. The number of amides is 1. The van der Waals surface area contributed by atoms with Crippen molar-refractivity contribution in [2.24, 2.45) is 0 Å². The molecule has 0 spiro atoms. The van der Waals surface area contributed by atoms with E-state index in [4.69, 9.17) is 4.74 Å². The summed E-state index contributed by atoms with van der Waals surface area (Å²) in [6.45, 7) is 6.50. The van der Waals surface area contributed by atoms with Gasteiger partial charge in [-0.1, -0.05) is 271 Å². The Morgan fingerprint density at radius 3 is 1.02 bits per heavy atom. The summed E-state index contributed by atoms with van der Waals surface area (Å²) in [6, 6.07) is -0.691. The molecule has 358 valence electrons. The largest absolute Gasteiger partial charge is 0.462 e. The second kappa shape index (κ2) is 48.9. The summed E-state index contributed by atoms with van der Waals surface area (Å²) in [5, 5.41) is 23.7. The Labute approximate surface area is 375 Å². The normalized spacial score (nSPS) is 13.1. The van der Waals surface area contributed by atoms with Crippen LogP contribution in [0.2, 0.25) is 0 Å². The predicted octanol–water partition coefficient (Wildman–Crippen LogP) is 16.4. The van der Waals surface area contributed by atoms with Gasteiger partial charge >= 0.3 is 5.97 Å². The van der Waals surface area contributed by atoms with Gasteiger partial charge in [0.15, 0.2) is 0 Å². The Morgan fingerprint density at radius 1 is 0.417 bits per heavy atom. The topological polar surface area (TPSA) is 95.9 Å². The average molecular weight is 850 g/mol. The van der Waals surface area contributed by atoms with Crippen LogP contribution in [-0.2, 0) is 14.3 Å². The van der Waals surface area contributed by atoms with Gasteiger partial charge in [-0.3, -0.25) is 9.59 Å². The lowest BCUT2D eigenvalue weighted by Gasteiger charge is -2.24. The standard InChI is InChI=1S/C54H107NO5/c1-4-7-10-13-16-19-21-23-25-26-27-28-30-32-35-38-41-44-47-54(59)60-50(45-42-39-36-34-31-29-24-22-20-17-14-11-8-5-2)48-53(58)55-51(49-56)52(57)46-43-40-37-33-18-15-12-9-6-3/h50-52,56-57H,4-49H2,1-3H3,(H,55,58). The fourth-order valence-corrected chi connectivity index (χ4v) is 8.79. The number of unbranched alkanes of at least 4 members (excludes halogenated alkanes) is 38. The van der Waals surface area contributed by atoms with Crippen LogP contribution in [0.3, 0.4) is 0 Å². The number of hydrogen-bond acceptors (Lipinski definition) is 5. The van der Waals surface area contributed by atoms with Crippen molar-refractivity contribution in [3.8, 4) is 0 Å². The minimum Gasteiger partial charge on any atom is -0.462 e. The number of carbonyl (C=O) groups excluding carboxylic acids is 2. The molecule has 6 heteroatoms. The number of rotatable bonds is 50. The van der Waals surface area contributed by atoms with E-state index in [2.05, 4.69) is 26.1 Å². The van der Waals surface area contributed by atoms with Crippen molar-refractivity contribution in [3.63, 3.8) is 0 Å². The molecule has 0 bridgehead atoms. The summed E-state index contributed by atoms with van der Waals surface area (Å²) >= 11 is 0. The van der Waals surface area contributed by atoms with E-state index < -0.39 is 18.2 Å². The third-order valence-electron chi connectivity index (χ3n) is 12.9. The van der Waals surface area contributed by atoms with Crippen LogP contribution >= 0.6 is 0 Å². The van der Waals surface area contributed by atoms with E-state index in [1.807, 2.05) is 0 Å². The van der Waals surface area contributed by atoms with Gasteiger partial charge in [0.25, 0.3) is 0 Å². The molecule has 0 rings (SSSR count). The molecule has 3 unspecified atom stereocenters. The van der Waals surface area contributed by atoms with Gasteiger partial charge in [-0.2, -0.15) is 0 Å². The maximum atomic E-state index is 13.2.